The Morgan fingerprint density at radius 2 is 0.533 bits per heavy atom. The molecule has 434 valence electrons. The largest absolute Gasteiger partial charge is 0.462 e. The molecule has 1 unspecified atom stereocenters. The molecular weight excluding hydrogens is 925 g/mol. The maximum absolute atomic E-state index is 12.9. The van der Waals surface area contributed by atoms with E-state index in [4.69, 9.17) is 14.2 Å². The maximum Gasteiger partial charge on any atom is 0.306 e. The first-order chi connectivity index (χ1) is 37.0. The SMILES string of the molecule is CC/C=C\C/C=C\C/C=C\C/C=C\C/C=C\CCCC(=O)OCC(COC(=O)CCCCCCCCCCC/C=C\CCCCCCCCCC)OC(=O)CCCCCCCCCCCCCCCCCCCCC. The molecule has 0 aromatic heterocycles. The lowest BCUT2D eigenvalue weighted by Gasteiger charge is -2.18. The first-order valence-electron chi connectivity index (χ1n) is 32.4. The highest BCUT2D eigenvalue weighted by Gasteiger charge is 2.19. The van der Waals surface area contributed by atoms with E-state index in [1.54, 1.807) is 0 Å². The van der Waals surface area contributed by atoms with Gasteiger partial charge in [-0.3, -0.25) is 14.4 Å². The van der Waals surface area contributed by atoms with Crippen LogP contribution in [0.5, 0.6) is 0 Å². The predicted octanol–water partition coefficient (Wildman–Crippen LogP) is 22.1. The van der Waals surface area contributed by atoms with Crippen LogP contribution >= 0.6 is 0 Å². The van der Waals surface area contributed by atoms with Gasteiger partial charge in [0.25, 0.3) is 0 Å². The normalized spacial score (nSPS) is 12.5. The molecule has 0 amide bonds. The number of hydrogen-bond donors (Lipinski definition) is 0. The molecule has 0 aliphatic heterocycles. The van der Waals surface area contributed by atoms with Crippen LogP contribution in [0.1, 0.15) is 329 Å². The Kier molecular flexibility index (Phi) is 60.7. The van der Waals surface area contributed by atoms with Crippen LogP contribution in [-0.4, -0.2) is 37.2 Å². The van der Waals surface area contributed by atoms with Gasteiger partial charge < -0.3 is 14.2 Å². The van der Waals surface area contributed by atoms with Gasteiger partial charge in [-0.1, -0.05) is 299 Å². The van der Waals surface area contributed by atoms with Gasteiger partial charge in [0.1, 0.15) is 13.2 Å². The molecule has 6 nitrogen and oxygen atoms in total. The molecular formula is C69H122O6. The van der Waals surface area contributed by atoms with E-state index >= 15 is 0 Å². The van der Waals surface area contributed by atoms with E-state index in [1.165, 1.54) is 205 Å². The summed E-state index contributed by atoms with van der Waals surface area (Å²) in [5.74, 6) is -0.936. The molecule has 0 aliphatic rings. The number of esters is 3. The predicted molar refractivity (Wildman–Crippen MR) is 325 cm³/mol. The summed E-state index contributed by atoms with van der Waals surface area (Å²) in [6.45, 7) is 6.53. The van der Waals surface area contributed by atoms with Crippen LogP contribution in [0.15, 0.2) is 72.9 Å². The fourth-order valence-corrected chi connectivity index (χ4v) is 9.36. The van der Waals surface area contributed by atoms with E-state index in [0.717, 1.165) is 77.0 Å². The molecule has 0 rings (SSSR count). The van der Waals surface area contributed by atoms with Crippen molar-refractivity contribution in [2.75, 3.05) is 13.2 Å². The first kappa shape index (κ1) is 71.8. The summed E-state index contributed by atoms with van der Waals surface area (Å²) in [5.41, 5.74) is 0. The zero-order valence-corrected chi connectivity index (χ0v) is 49.8. The average molecular weight is 1050 g/mol. The highest BCUT2D eigenvalue weighted by molar-refractivity contribution is 5.71. The van der Waals surface area contributed by atoms with Crippen LogP contribution in [0.2, 0.25) is 0 Å². The fourth-order valence-electron chi connectivity index (χ4n) is 9.36. The van der Waals surface area contributed by atoms with E-state index in [2.05, 4.69) is 93.7 Å². The van der Waals surface area contributed by atoms with Gasteiger partial charge in [0, 0.05) is 19.3 Å². The van der Waals surface area contributed by atoms with Gasteiger partial charge in [0.05, 0.1) is 0 Å². The van der Waals surface area contributed by atoms with Gasteiger partial charge in [0.15, 0.2) is 6.10 Å². The summed E-state index contributed by atoms with van der Waals surface area (Å²) in [7, 11) is 0. The van der Waals surface area contributed by atoms with Crippen molar-refractivity contribution in [1.82, 2.24) is 0 Å². The molecule has 0 saturated carbocycles. The van der Waals surface area contributed by atoms with Crippen molar-refractivity contribution in [1.29, 1.82) is 0 Å². The van der Waals surface area contributed by atoms with Crippen LogP contribution in [0.4, 0.5) is 0 Å². The quantitative estimate of drug-likeness (QED) is 0.0261. The first-order valence-corrected chi connectivity index (χ1v) is 32.4. The van der Waals surface area contributed by atoms with Gasteiger partial charge in [-0.25, -0.2) is 0 Å². The minimum absolute atomic E-state index is 0.0911. The Balaban J connectivity index is 4.40. The topological polar surface area (TPSA) is 78.9 Å². The van der Waals surface area contributed by atoms with Crippen LogP contribution < -0.4 is 0 Å². The summed E-state index contributed by atoms with van der Waals surface area (Å²) < 4.78 is 16.9. The zero-order valence-electron chi connectivity index (χ0n) is 49.8. The smallest absolute Gasteiger partial charge is 0.306 e. The molecule has 0 saturated heterocycles. The van der Waals surface area contributed by atoms with Gasteiger partial charge in [0.2, 0.25) is 0 Å². The summed E-state index contributed by atoms with van der Waals surface area (Å²) >= 11 is 0. The number of carbonyl (C=O) groups is 3. The van der Waals surface area contributed by atoms with E-state index in [0.29, 0.717) is 19.3 Å². The Bertz CT molecular complexity index is 1390. The number of rotatable bonds is 59. The van der Waals surface area contributed by atoms with Crippen LogP contribution in [0.3, 0.4) is 0 Å². The van der Waals surface area contributed by atoms with Gasteiger partial charge in [-0.05, 0) is 83.5 Å². The van der Waals surface area contributed by atoms with E-state index in [-0.39, 0.29) is 37.5 Å². The Morgan fingerprint density at radius 1 is 0.280 bits per heavy atom. The van der Waals surface area contributed by atoms with Crippen molar-refractivity contribution in [3.05, 3.63) is 72.9 Å². The average Bonchev–Trinajstić information content (AvgIpc) is 3.41. The lowest BCUT2D eigenvalue weighted by molar-refractivity contribution is -0.167. The second kappa shape index (κ2) is 63.4. The highest BCUT2D eigenvalue weighted by Crippen LogP contribution is 2.17. The maximum atomic E-state index is 12.9. The van der Waals surface area contributed by atoms with Crippen molar-refractivity contribution >= 4 is 17.9 Å². The molecule has 0 fully saturated rings. The van der Waals surface area contributed by atoms with Crippen molar-refractivity contribution in [3.8, 4) is 0 Å². The molecule has 0 spiro atoms. The van der Waals surface area contributed by atoms with E-state index in [1.807, 2.05) is 0 Å². The molecule has 6 heteroatoms. The summed E-state index contributed by atoms with van der Waals surface area (Å²) in [6.07, 6.45) is 82.0. The van der Waals surface area contributed by atoms with Crippen molar-refractivity contribution in [2.45, 2.75) is 335 Å². The summed E-state index contributed by atoms with van der Waals surface area (Å²) in [5, 5.41) is 0. The number of ether oxygens (including phenoxy) is 3. The zero-order chi connectivity index (χ0) is 54.3. The van der Waals surface area contributed by atoms with Crippen LogP contribution in [-0.2, 0) is 28.6 Å². The third kappa shape index (κ3) is 61.6. The fraction of sp³-hybridized carbons (Fsp3) is 0.783. The Labute approximate surface area is 465 Å². The third-order valence-electron chi connectivity index (χ3n) is 14.2. The Hall–Kier alpha value is -3.15. The van der Waals surface area contributed by atoms with Crippen molar-refractivity contribution < 1.29 is 28.6 Å². The summed E-state index contributed by atoms with van der Waals surface area (Å²) in [4.78, 5) is 38.3. The van der Waals surface area contributed by atoms with E-state index < -0.39 is 6.10 Å². The molecule has 1 atom stereocenters. The lowest BCUT2D eigenvalue weighted by atomic mass is 10.0. The number of unbranched alkanes of at least 4 members (excludes halogenated alkanes) is 36. The standard InChI is InChI=1S/C69H122O6/c1-4-7-10-13-16-19-22-25-28-31-33-34-36-38-41-44-47-50-53-56-59-62-68(71)74-65-66(64-73-67(70)61-58-55-52-49-46-43-40-37-30-27-24-21-18-15-12-9-6-3)75-69(72)63-60-57-54-51-48-45-42-39-35-32-29-26-23-20-17-14-11-8-5-2/h9,12,18,21,27,30-31,33,40,43,49,52,66H,4-8,10-11,13-17,19-20,22-26,28-29,32,34-39,41-42,44-48,50-51,53-65H2,1-3H3/b12-9-,21-18-,30-27-,33-31-,43-40-,52-49-. The lowest BCUT2D eigenvalue weighted by Crippen LogP contribution is -2.30. The third-order valence-corrected chi connectivity index (χ3v) is 14.2. The Morgan fingerprint density at radius 3 is 0.880 bits per heavy atom. The van der Waals surface area contributed by atoms with Crippen LogP contribution in [0, 0.1) is 0 Å². The van der Waals surface area contributed by atoms with Gasteiger partial charge in [-0.15, -0.1) is 0 Å². The van der Waals surface area contributed by atoms with Gasteiger partial charge >= 0.3 is 17.9 Å². The molecule has 0 N–H and O–H groups in total. The molecule has 0 aliphatic carbocycles. The minimum Gasteiger partial charge on any atom is -0.462 e. The van der Waals surface area contributed by atoms with Gasteiger partial charge in [-0.2, -0.15) is 0 Å². The second-order valence-corrected chi connectivity index (χ2v) is 21.6. The molecule has 0 aromatic carbocycles. The van der Waals surface area contributed by atoms with Crippen LogP contribution in [0.25, 0.3) is 0 Å². The number of allylic oxidation sites excluding steroid dienone is 12. The number of carbonyl (C=O) groups excluding carboxylic acids is 3. The molecule has 75 heavy (non-hydrogen) atoms. The molecule has 0 bridgehead atoms. The van der Waals surface area contributed by atoms with E-state index in [9.17, 15) is 14.4 Å². The monoisotopic (exact) mass is 1050 g/mol. The molecule has 0 radical (unpaired) electrons. The second-order valence-electron chi connectivity index (χ2n) is 21.6. The minimum atomic E-state index is -0.799. The molecule has 0 heterocycles. The highest BCUT2D eigenvalue weighted by atomic mass is 16.6. The summed E-state index contributed by atoms with van der Waals surface area (Å²) in [6, 6.07) is 0. The number of hydrogen-bond acceptors (Lipinski definition) is 6. The van der Waals surface area contributed by atoms with Crippen molar-refractivity contribution in [3.63, 3.8) is 0 Å². The molecule has 0 aromatic rings. The van der Waals surface area contributed by atoms with Crippen molar-refractivity contribution in [2.24, 2.45) is 0 Å².